The van der Waals surface area contributed by atoms with Crippen molar-refractivity contribution in [1.82, 2.24) is 4.98 Å². The highest BCUT2D eigenvalue weighted by Gasteiger charge is 2.15. The van der Waals surface area contributed by atoms with Gasteiger partial charge in [0, 0.05) is 33.5 Å². The van der Waals surface area contributed by atoms with Crippen molar-refractivity contribution in [3.8, 4) is 0 Å². The first kappa shape index (κ1) is 13.7. The molecule has 1 rings (SSSR count). The molecule has 0 amide bonds. The van der Waals surface area contributed by atoms with E-state index in [2.05, 4.69) is 4.98 Å². The Morgan fingerprint density at radius 3 is 2.94 bits per heavy atom. The minimum Gasteiger partial charge on any atom is -0.478 e. The maximum Gasteiger partial charge on any atom is 0.337 e. The third-order valence-corrected chi connectivity index (χ3v) is 2.68. The first-order valence-corrected chi connectivity index (χ1v) is 5.53. The lowest BCUT2D eigenvalue weighted by Crippen LogP contribution is -2.21. The number of hydrogen-bond acceptors (Lipinski definition) is 4. The lowest BCUT2D eigenvalue weighted by Gasteiger charge is -2.19. The van der Waals surface area contributed by atoms with Gasteiger partial charge in [0.2, 0.25) is 0 Å². The van der Waals surface area contributed by atoms with Gasteiger partial charge in [0.05, 0.1) is 10.6 Å². The Bertz CT molecular complexity index is 398. The van der Waals surface area contributed by atoms with Gasteiger partial charge in [0.1, 0.15) is 5.82 Å². The Labute approximate surface area is 105 Å². The van der Waals surface area contributed by atoms with Crippen molar-refractivity contribution < 1.29 is 14.6 Å². The fourth-order valence-corrected chi connectivity index (χ4v) is 1.75. The summed E-state index contributed by atoms with van der Waals surface area (Å²) < 4.78 is 4.95. The van der Waals surface area contributed by atoms with E-state index in [1.807, 2.05) is 11.9 Å². The summed E-state index contributed by atoms with van der Waals surface area (Å²) in [7, 11) is 3.45. The number of anilines is 1. The first-order chi connectivity index (χ1) is 8.07. The fourth-order valence-electron chi connectivity index (χ4n) is 1.42. The Morgan fingerprint density at radius 2 is 2.35 bits per heavy atom. The van der Waals surface area contributed by atoms with Gasteiger partial charge < -0.3 is 14.7 Å². The molecule has 0 atom stereocenters. The van der Waals surface area contributed by atoms with Crippen molar-refractivity contribution in [3.63, 3.8) is 0 Å². The Balaban J connectivity index is 2.83. The number of halogens is 1. The van der Waals surface area contributed by atoms with Crippen LogP contribution in [-0.2, 0) is 4.74 Å². The van der Waals surface area contributed by atoms with E-state index in [0.29, 0.717) is 19.0 Å². The first-order valence-electron chi connectivity index (χ1n) is 5.15. The number of carbonyl (C=O) groups is 1. The van der Waals surface area contributed by atoms with Gasteiger partial charge in [0.15, 0.2) is 0 Å². The molecular formula is C11H15ClN2O3. The fraction of sp³-hybridized carbons (Fsp3) is 0.455. The van der Waals surface area contributed by atoms with Crippen LogP contribution < -0.4 is 4.90 Å². The number of methoxy groups -OCH3 is 1. The minimum absolute atomic E-state index is 0.0651. The molecule has 0 bridgehead atoms. The van der Waals surface area contributed by atoms with Gasteiger partial charge in [0.25, 0.3) is 0 Å². The highest BCUT2D eigenvalue weighted by molar-refractivity contribution is 6.35. The predicted molar refractivity (Wildman–Crippen MR) is 66.0 cm³/mol. The number of hydrogen-bond donors (Lipinski definition) is 1. The summed E-state index contributed by atoms with van der Waals surface area (Å²) in [5.41, 5.74) is 0.0651. The van der Waals surface area contributed by atoms with E-state index in [0.717, 1.165) is 6.42 Å². The number of nitrogens with zero attached hydrogens (tertiary/aromatic N) is 2. The molecule has 0 saturated carbocycles. The maximum atomic E-state index is 10.9. The molecule has 1 aromatic heterocycles. The Kier molecular flexibility index (Phi) is 5.18. The van der Waals surface area contributed by atoms with Crippen LogP contribution in [0.1, 0.15) is 16.8 Å². The molecule has 0 saturated heterocycles. The third-order valence-electron chi connectivity index (χ3n) is 2.30. The van der Waals surface area contributed by atoms with Crippen molar-refractivity contribution in [1.29, 1.82) is 0 Å². The summed E-state index contributed by atoms with van der Waals surface area (Å²) >= 11 is 6.00. The number of aromatic carboxylic acids is 1. The number of pyridine rings is 1. The quantitative estimate of drug-likeness (QED) is 0.790. The van der Waals surface area contributed by atoms with E-state index in [1.54, 1.807) is 7.11 Å². The average Bonchev–Trinajstić information content (AvgIpc) is 2.29. The molecule has 0 aromatic carbocycles. The highest BCUT2D eigenvalue weighted by Crippen LogP contribution is 2.26. The smallest absolute Gasteiger partial charge is 0.337 e. The lowest BCUT2D eigenvalue weighted by atomic mass is 10.2. The van der Waals surface area contributed by atoms with Gasteiger partial charge in [-0.05, 0) is 12.5 Å². The summed E-state index contributed by atoms with van der Waals surface area (Å²) in [6.07, 6.45) is 2.26. The molecule has 0 aliphatic heterocycles. The largest absolute Gasteiger partial charge is 0.478 e. The molecular weight excluding hydrogens is 244 g/mol. The topological polar surface area (TPSA) is 62.7 Å². The zero-order valence-electron chi connectivity index (χ0n) is 9.81. The molecule has 1 heterocycles. The molecule has 1 aromatic rings. The van der Waals surface area contributed by atoms with Gasteiger partial charge in [-0.2, -0.15) is 0 Å². The zero-order chi connectivity index (χ0) is 12.8. The van der Waals surface area contributed by atoms with E-state index >= 15 is 0 Å². The second-order valence-corrected chi connectivity index (χ2v) is 3.95. The monoisotopic (exact) mass is 258 g/mol. The second kappa shape index (κ2) is 6.42. The lowest BCUT2D eigenvalue weighted by molar-refractivity contribution is 0.0697. The highest BCUT2D eigenvalue weighted by atomic mass is 35.5. The van der Waals surface area contributed by atoms with Gasteiger partial charge in [-0.1, -0.05) is 11.6 Å². The van der Waals surface area contributed by atoms with Gasteiger partial charge in [-0.3, -0.25) is 0 Å². The third kappa shape index (κ3) is 3.57. The molecule has 0 fully saturated rings. The molecule has 17 heavy (non-hydrogen) atoms. The van der Waals surface area contributed by atoms with Crippen LogP contribution in [0.5, 0.6) is 0 Å². The summed E-state index contributed by atoms with van der Waals surface area (Å²) in [5.74, 6) is -0.577. The van der Waals surface area contributed by atoms with Crippen LogP contribution in [0.15, 0.2) is 12.3 Å². The van der Waals surface area contributed by atoms with Gasteiger partial charge >= 0.3 is 5.97 Å². The number of carboxylic acids is 1. The van der Waals surface area contributed by atoms with Crippen molar-refractivity contribution in [3.05, 3.63) is 22.8 Å². The Hall–Kier alpha value is -1.33. The van der Waals surface area contributed by atoms with Crippen LogP contribution in [0.4, 0.5) is 5.82 Å². The van der Waals surface area contributed by atoms with Crippen LogP contribution in [-0.4, -0.2) is 43.4 Å². The molecule has 5 nitrogen and oxygen atoms in total. The van der Waals surface area contributed by atoms with E-state index in [4.69, 9.17) is 21.4 Å². The van der Waals surface area contributed by atoms with Crippen molar-refractivity contribution in [2.75, 3.05) is 32.2 Å². The van der Waals surface area contributed by atoms with Crippen LogP contribution in [0, 0.1) is 0 Å². The van der Waals surface area contributed by atoms with Crippen LogP contribution in [0.2, 0.25) is 5.02 Å². The molecule has 0 unspecified atom stereocenters. The van der Waals surface area contributed by atoms with E-state index < -0.39 is 5.97 Å². The number of carboxylic acid groups (broad SMARTS) is 1. The van der Waals surface area contributed by atoms with E-state index in [9.17, 15) is 4.79 Å². The number of ether oxygens (including phenoxy) is 1. The molecule has 6 heteroatoms. The van der Waals surface area contributed by atoms with Crippen molar-refractivity contribution in [2.45, 2.75) is 6.42 Å². The summed E-state index contributed by atoms with van der Waals surface area (Å²) in [4.78, 5) is 16.8. The van der Waals surface area contributed by atoms with Crippen LogP contribution >= 0.6 is 11.6 Å². The number of rotatable bonds is 6. The molecule has 0 radical (unpaired) electrons. The number of aromatic nitrogens is 1. The average molecular weight is 259 g/mol. The maximum absolute atomic E-state index is 10.9. The van der Waals surface area contributed by atoms with Crippen LogP contribution in [0.3, 0.4) is 0 Å². The van der Waals surface area contributed by atoms with E-state index in [1.165, 1.54) is 12.3 Å². The standard InChI is InChI=1S/C11H15ClN2O3/c1-14(6-3-7-17-2)10-9(12)8(11(15)16)4-5-13-10/h4-5H,3,6-7H2,1-2H3,(H,15,16). The SMILES string of the molecule is COCCCN(C)c1nccc(C(=O)O)c1Cl. The molecule has 94 valence electrons. The van der Waals surface area contributed by atoms with Gasteiger partial charge in [-0.25, -0.2) is 9.78 Å². The summed E-state index contributed by atoms with van der Waals surface area (Å²) in [5, 5.41) is 9.10. The molecule has 1 N–H and O–H groups in total. The van der Waals surface area contributed by atoms with Crippen LogP contribution in [0.25, 0.3) is 0 Å². The zero-order valence-corrected chi connectivity index (χ0v) is 10.6. The molecule has 0 spiro atoms. The molecule has 0 aliphatic rings. The van der Waals surface area contributed by atoms with Gasteiger partial charge in [-0.15, -0.1) is 0 Å². The molecule has 0 aliphatic carbocycles. The predicted octanol–water partition coefficient (Wildman–Crippen LogP) is 1.91. The van der Waals surface area contributed by atoms with Crippen molar-refractivity contribution >= 4 is 23.4 Å². The van der Waals surface area contributed by atoms with Crippen molar-refractivity contribution in [2.24, 2.45) is 0 Å². The summed E-state index contributed by atoms with van der Waals surface area (Å²) in [6, 6.07) is 1.39. The normalized spacial score (nSPS) is 10.3. The Morgan fingerprint density at radius 1 is 1.65 bits per heavy atom. The second-order valence-electron chi connectivity index (χ2n) is 3.57. The summed E-state index contributed by atoms with van der Waals surface area (Å²) in [6.45, 7) is 1.34. The van der Waals surface area contributed by atoms with E-state index in [-0.39, 0.29) is 10.6 Å². The minimum atomic E-state index is -1.05.